The zero-order chi connectivity index (χ0) is 21.2. The van der Waals surface area contributed by atoms with E-state index in [2.05, 4.69) is 6.58 Å². The molecule has 2 aromatic carbocycles. The Balaban J connectivity index is 2.52. The number of benzene rings is 2. The van der Waals surface area contributed by atoms with Gasteiger partial charge in [-0.1, -0.05) is 48.0 Å². The van der Waals surface area contributed by atoms with Crippen molar-refractivity contribution in [2.24, 2.45) is 0 Å². The molecular formula is C20H14Cl2F6. The third-order valence-corrected chi connectivity index (χ3v) is 4.73. The highest BCUT2D eigenvalue weighted by molar-refractivity contribution is 6.37. The van der Waals surface area contributed by atoms with Gasteiger partial charge in [0.25, 0.3) is 0 Å². The lowest BCUT2D eigenvalue weighted by atomic mass is 9.95. The number of halogens is 8. The van der Waals surface area contributed by atoms with Crippen molar-refractivity contribution < 1.29 is 26.3 Å². The Labute approximate surface area is 168 Å². The maximum atomic E-state index is 14.6. The van der Waals surface area contributed by atoms with Gasteiger partial charge in [-0.3, -0.25) is 0 Å². The van der Waals surface area contributed by atoms with Crippen molar-refractivity contribution in [1.29, 1.82) is 0 Å². The molecule has 0 N–H and O–H groups in total. The zero-order valence-electron chi connectivity index (χ0n) is 14.4. The number of hydrogen-bond donors (Lipinski definition) is 0. The van der Waals surface area contributed by atoms with Gasteiger partial charge in [-0.15, -0.1) is 0 Å². The number of allylic oxidation sites excluding steroid dienone is 1. The summed E-state index contributed by atoms with van der Waals surface area (Å²) in [7, 11) is 0. The van der Waals surface area contributed by atoms with E-state index in [1.807, 2.05) is 0 Å². The molecule has 0 aliphatic rings. The van der Waals surface area contributed by atoms with Crippen molar-refractivity contribution in [3.05, 3.63) is 80.8 Å². The fourth-order valence-corrected chi connectivity index (χ4v) is 3.29. The molecule has 1 atom stereocenters. The molecule has 0 radical (unpaired) electrons. The molecule has 0 bridgehead atoms. The van der Waals surface area contributed by atoms with Crippen LogP contribution in [0.5, 0.6) is 0 Å². The van der Waals surface area contributed by atoms with Crippen LogP contribution >= 0.6 is 23.2 Å². The highest BCUT2D eigenvalue weighted by Gasteiger charge is 2.33. The van der Waals surface area contributed by atoms with E-state index < -0.39 is 35.5 Å². The van der Waals surface area contributed by atoms with Gasteiger partial charge in [-0.05, 0) is 42.3 Å². The monoisotopic (exact) mass is 438 g/mol. The topological polar surface area (TPSA) is 0 Å². The Hall–Kier alpha value is -1.92. The lowest BCUT2D eigenvalue weighted by molar-refractivity contribution is -0.138. The van der Waals surface area contributed by atoms with E-state index in [-0.39, 0.29) is 21.2 Å². The standard InChI is InChI=1S/C20H14Cl2F6/c1-3-13-16(21)7-12(8-17(13)22)14(19(24)25)9-18(23)11-5-4-10(2)15(6-11)20(26,27)28/h3-9,14,19H,1H2,2H3/b18-9-. The van der Waals surface area contributed by atoms with E-state index >= 15 is 0 Å². The van der Waals surface area contributed by atoms with Crippen LogP contribution < -0.4 is 0 Å². The van der Waals surface area contributed by atoms with Gasteiger partial charge in [0, 0.05) is 21.2 Å². The van der Waals surface area contributed by atoms with Crippen LogP contribution in [0.3, 0.4) is 0 Å². The summed E-state index contributed by atoms with van der Waals surface area (Å²) in [5.74, 6) is -2.97. The van der Waals surface area contributed by atoms with Gasteiger partial charge < -0.3 is 0 Å². The maximum absolute atomic E-state index is 14.6. The first-order chi connectivity index (χ1) is 13.0. The van der Waals surface area contributed by atoms with E-state index in [9.17, 15) is 26.3 Å². The predicted octanol–water partition coefficient (Wildman–Crippen LogP) is 8.32. The quantitative estimate of drug-likeness (QED) is 0.411. The molecule has 0 aliphatic carbocycles. The van der Waals surface area contributed by atoms with Crippen molar-refractivity contribution in [2.45, 2.75) is 25.4 Å². The van der Waals surface area contributed by atoms with Crippen molar-refractivity contribution in [1.82, 2.24) is 0 Å². The summed E-state index contributed by atoms with van der Waals surface area (Å²) in [6.07, 6.45) is -5.83. The van der Waals surface area contributed by atoms with E-state index in [1.165, 1.54) is 25.1 Å². The average Bonchev–Trinajstić information content (AvgIpc) is 2.58. The first kappa shape index (κ1) is 22.4. The van der Waals surface area contributed by atoms with E-state index in [0.717, 1.165) is 12.1 Å². The predicted molar refractivity (Wildman–Crippen MR) is 101 cm³/mol. The molecule has 0 saturated heterocycles. The lowest BCUT2D eigenvalue weighted by Gasteiger charge is -2.16. The molecule has 150 valence electrons. The summed E-state index contributed by atoms with van der Waals surface area (Å²) < 4.78 is 80.7. The highest BCUT2D eigenvalue weighted by Crippen LogP contribution is 2.37. The average molecular weight is 439 g/mol. The van der Waals surface area contributed by atoms with Crippen LogP contribution in [0.15, 0.2) is 43.0 Å². The van der Waals surface area contributed by atoms with Crippen LogP contribution in [0.4, 0.5) is 26.3 Å². The zero-order valence-corrected chi connectivity index (χ0v) is 15.9. The van der Waals surface area contributed by atoms with Gasteiger partial charge in [0.1, 0.15) is 5.83 Å². The summed E-state index contributed by atoms with van der Waals surface area (Å²) in [5.41, 5.74) is -1.34. The lowest BCUT2D eigenvalue weighted by Crippen LogP contribution is -2.09. The van der Waals surface area contributed by atoms with Crippen LogP contribution in [-0.2, 0) is 6.18 Å². The fourth-order valence-electron chi connectivity index (χ4n) is 2.64. The van der Waals surface area contributed by atoms with Crippen LogP contribution in [-0.4, -0.2) is 6.43 Å². The van der Waals surface area contributed by atoms with E-state index in [1.54, 1.807) is 0 Å². The minimum absolute atomic E-state index is 0.0478. The van der Waals surface area contributed by atoms with Gasteiger partial charge >= 0.3 is 6.18 Å². The molecule has 0 amide bonds. The van der Waals surface area contributed by atoms with Crippen molar-refractivity contribution in [3.63, 3.8) is 0 Å². The first-order valence-electron chi connectivity index (χ1n) is 7.90. The number of hydrogen-bond acceptors (Lipinski definition) is 0. The van der Waals surface area contributed by atoms with Gasteiger partial charge in [-0.25, -0.2) is 13.2 Å². The van der Waals surface area contributed by atoms with Crippen LogP contribution in [0.1, 0.15) is 33.7 Å². The van der Waals surface area contributed by atoms with Crippen molar-refractivity contribution in [3.8, 4) is 0 Å². The Morgan fingerprint density at radius 2 is 1.64 bits per heavy atom. The molecule has 0 saturated carbocycles. The van der Waals surface area contributed by atoms with Gasteiger partial charge in [0.05, 0.1) is 11.5 Å². The Bertz CT molecular complexity index is 892. The SMILES string of the molecule is C=Cc1c(Cl)cc(C(/C=C(\F)c2ccc(C)c(C(F)(F)F)c2)C(F)F)cc1Cl. The molecule has 0 spiro atoms. The van der Waals surface area contributed by atoms with Crippen molar-refractivity contribution in [2.75, 3.05) is 0 Å². The molecule has 0 aliphatic heterocycles. The summed E-state index contributed by atoms with van der Waals surface area (Å²) >= 11 is 12.0. The third kappa shape index (κ3) is 4.92. The molecule has 0 fully saturated rings. The molecule has 0 nitrogen and oxygen atoms in total. The van der Waals surface area contributed by atoms with Gasteiger partial charge in [0.2, 0.25) is 6.43 Å². The van der Waals surface area contributed by atoms with Gasteiger partial charge in [0.15, 0.2) is 0 Å². The summed E-state index contributed by atoms with van der Waals surface area (Å²) in [6.45, 7) is 4.73. The maximum Gasteiger partial charge on any atom is 0.416 e. The van der Waals surface area contributed by atoms with E-state index in [0.29, 0.717) is 17.7 Å². The van der Waals surface area contributed by atoms with Crippen LogP contribution in [0.2, 0.25) is 10.0 Å². The summed E-state index contributed by atoms with van der Waals surface area (Å²) in [4.78, 5) is 0. The van der Waals surface area contributed by atoms with Gasteiger partial charge in [-0.2, -0.15) is 13.2 Å². The van der Waals surface area contributed by atoms with Crippen LogP contribution in [0, 0.1) is 6.92 Å². The van der Waals surface area contributed by atoms with Crippen LogP contribution in [0.25, 0.3) is 11.9 Å². The molecule has 8 heteroatoms. The highest BCUT2D eigenvalue weighted by atomic mass is 35.5. The Morgan fingerprint density at radius 3 is 2.11 bits per heavy atom. The summed E-state index contributed by atoms with van der Waals surface area (Å²) in [5, 5.41) is 0.0957. The third-order valence-electron chi connectivity index (χ3n) is 4.11. The Kier molecular flexibility index (Phi) is 6.88. The first-order valence-corrected chi connectivity index (χ1v) is 8.66. The molecule has 2 rings (SSSR count). The number of rotatable bonds is 5. The smallest absolute Gasteiger partial charge is 0.209 e. The molecule has 2 aromatic rings. The second-order valence-electron chi connectivity index (χ2n) is 6.00. The number of alkyl halides is 5. The Morgan fingerprint density at radius 1 is 1.07 bits per heavy atom. The molecule has 0 aromatic heterocycles. The molecular weight excluding hydrogens is 425 g/mol. The fraction of sp³-hybridized carbons (Fsp3) is 0.200. The molecule has 1 unspecified atom stereocenters. The largest absolute Gasteiger partial charge is 0.416 e. The van der Waals surface area contributed by atoms with E-state index in [4.69, 9.17) is 23.2 Å². The summed E-state index contributed by atoms with van der Waals surface area (Å²) in [6, 6.07) is 5.16. The molecule has 28 heavy (non-hydrogen) atoms. The minimum Gasteiger partial charge on any atom is -0.209 e. The molecule has 0 heterocycles. The second-order valence-corrected chi connectivity index (χ2v) is 6.82. The number of aryl methyl sites for hydroxylation is 1. The van der Waals surface area contributed by atoms with Crippen molar-refractivity contribution >= 4 is 35.1 Å². The normalized spacial score (nSPS) is 13.7. The second kappa shape index (κ2) is 8.62. The minimum atomic E-state index is -4.69.